The van der Waals surface area contributed by atoms with Crippen molar-refractivity contribution >= 4 is 33.1 Å². The Balaban J connectivity index is 1.77. The van der Waals surface area contributed by atoms with E-state index in [1.807, 2.05) is 30.3 Å². The van der Waals surface area contributed by atoms with Crippen molar-refractivity contribution in [3.05, 3.63) is 58.3 Å². The van der Waals surface area contributed by atoms with Gasteiger partial charge in [-0.2, -0.15) is 0 Å². The fourth-order valence-corrected chi connectivity index (χ4v) is 2.30. The van der Waals surface area contributed by atoms with Crippen molar-refractivity contribution in [1.82, 2.24) is 0 Å². The molecule has 4 nitrogen and oxygen atoms in total. The average Bonchev–Trinajstić information content (AvgIpc) is 2.50. The van der Waals surface area contributed by atoms with E-state index in [2.05, 4.69) is 21.2 Å². The van der Waals surface area contributed by atoms with E-state index < -0.39 is 5.82 Å². The number of anilines is 2. The number of hydrogen-bond acceptors (Lipinski definition) is 4. The van der Waals surface area contributed by atoms with Crippen molar-refractivity contribution in [1.29, 1.82) is 0 Å². The highest BCUT2D eigenvalue weighted by Gasteiger charge is 2.08. The van der Waals surface area contributed by atoms with E-state index in [1.165, 1.54) is 12.1 Å². The third-order valence-corrected chi connectivity index (χ3v) is 3.59. The molecule has 6 heteroatoms. The number of rotatable bonds is 7. The lowest BCUT2D eigenvalue weighted by molar-refractivity contribution is -0.122. The molecule has 0 atom stereocenters. The molecule has 116 valence electrons. The van der Waals surface area contributed by atoms with Crippen LogP contribution in [0.15, 0.2) is 46.9 Å². The molecule has 0 saturated carbocycles. The lowest BCUT2D eigenvalue weighted by atomic mass is 10.2. The second-order valence-electron chi connectivity index (χ2n) is 4.72. The van der Waals surface area contributed by atoms with E-state index in [0.717, 1.165) is 5.56 Å². The maximum absolute atomic E-state index is 13.4. The van der Waals surface area contributed by atoms with Gasteiger partial charge in [-0.1, -0.05) is 30.3 Å². The largest absolute Gasteiger partial charge is 0.396 e. The molecule has 0 spiro atoms. The standard InChI is InChI=1S/C16H16BrFN2O2/c17-13-6-15(19)14(18)7-16(13)20-8-12(21)10-22-9-11-4-2-1-3-5-11/h1-7,20H,8-10,19H2. The van der Waals surface area contributed by atoms with Crippen LogP contribution in [0.3, 0.4) is 0 Å². The van der Waals surface area contributed by atoms with Crippen molar-refractivity contribution in [2.45, 2.75) is 6.61 Å². The van der Waals surface area contributed by atoms with Crippen LogP contribution >= 0.6 is 15.9 Å². The van der Waals surface area contributed by atoms with Crippen LogP contribution in [0.2, 0.25) is 0 Å². The Morgan fingerprint density at radius 3 is 2.73 bits per heavy atom. The molecule has 22 heavy (non-hydrogen) atoms. The van der Waals surface area contributed by atoms with Gasteiger partial charge < -0.3 is 15.8 Å². The minimum absolute atomic E-state index is 0.00301. The molecule has 0 amide bonds. The number of nitrogen functional groups attached to an aromatic ring is 1. The van der Waals surface area contributed by atoms with Gasteiger partial charge in [0.25, 0.3) is 0 Å². The zero-order valence-corrected chi connectivity index (χ0v) is 13.4. The molecule has 0 unspecified atom stereocenters. The van der Waals surface area contributed by atoms with Crippen molar-refractivity contribution in [3.8, 4) is 0 Å². The molecular formula is C16H16BrFN2O2. The Bertz CT molecular complexity index is 650. The first-order valence-electron chi connectivity index (χ1n) is 6.68. The van der Waals surface area contributed by atoms with Gasteiger partial charge in [0.1, 0.15) is 12.4 Å². The Kier molecular flexibility index (Phi) is 5.91. The summed E-state index contributed by atoms with van der Waals surface area (Å²) in [6, 6.07) is 12.3. The van der Waals surface area contributed by atoms with E-state index in [0.29, 0.717) is 16.8 Å². The molecule has 2 aromatic carbocycles. The van der Waals surface area contributed by atoms with Gasteiger partial charge in [-0.3, -0.25) is 4.79 Å². The average molecular weight is 367 g/mol. The van der Waals surface area contributed by atoms with Crippen LogP contribution < -0.4 is 11.1 Å². The van der Waals surface area contributed by atoms with Gasteiger partial charge in [-0.15, -0.1) is 0 Å². The van der Waals surface area contributed by atoms with Gasteiger partial charge >= 0.3 is 0 Å². The Hall–Kier alpha value is -1.92. The summed E-state index contributed by atoms with van der Waals surface area (Å²) in [7, 11) is 0. The first kappa shape index (κ1) is 16.5. The summed E-state index contributed by atoms with van der Waals surface area (Å²) in [6.07, 6.45) is 0. The SMILES string of the molecule is Nc1cc(Br)c(NCC(=O)COCc2ccccc2)cc1F. The number of Topliss-reactive ketones (excluding diaryl/α,β-unsaturated/α-hetero) is 1. The molecule has 0 aliphatic rings. The Morgan fingerprint density at radius 2 is 2.00 bits per heavy atom. The first-order chi connectivity index (χ1) is 10.6. The van der Waals surface area contributed by atoms with Gasteiger partial charge in [0.15, 0.2) is 5.78 Å². The second-order valence-corrected chi connectivity index (χ2v) is 5.58. The van der Waals surface area contributed by atoms with Crippen molar-refractivity contribution < 1.29 is 13.9 Å². The monoisotopic (exact) mass is 366 g/mol. The van der Waals surface area contributed by atoms with Gasteiger partial charge in [-0.05, 0) is 27.6 Å². The number of carbonyl (C=O) groups is 1. The van der Waals surface area contributed by atoms with Crippen LogP contribution in [-0.4, -0.2) is 18.9 Å². The smallest absolute Gasteiger partial charge is 0.177 e. The molecule has 0 fully saturated rings. The minimum atomic E-state index is -0.529. The van der Waals surface area contributed by atoms with Crippen LogP contribution in [-0.2, 0) is 16.1 Å². The van der Waals surface area contributed by atoms with E-state index >= 15 is 0 Å². The number of hydrogen-bond donors (Lipinski definition) is 2. The fourth-order valence-electron chi connectivity index (χ4n) is 1.80. The highest BCUT2D eigenvalue weighted by Crippen LogP contribution is 2.27. The predicted octanol–water partition coefficient (Wildman–Crippen LogP) is 3.37. The van der Waals surface area contributed by atoms with Crippen LogP contribution in [0.25, 0.3) is 0 Å². The van der Waals surface area contributed by atoms with E-state index in [9.17, 15) is 9.18 Å². The number of benzene rings is 2. The molecule has 0 heterocycles. The summed E-state index contributed by atoms with van der Waals surface area (Å²) in [5.74, 6) is -0.654. The van der Waals surface area contributed by atoms with Gasteiger partial charge in [0.2, 0.25) is 0 Å². The van der Waals surface area contributed by atoms with E-state index in [1.54, 1.807) is 0 Å². The first-order valence-corrected chi connectivity index (χ1v) is 7.47. The Labute approximate surface area is 136 Å². The van der Waals surface area contributed by atoms with Gasteiger partial charge in [0.05, 0.1) is 24.5 Å². The van der Waals surface area contributed by atoms with Gasteiger partial charge in [0, 0.05) is 10.5 Å². The fraction of sp³-hybridized carbons (Fsp3) is 0.188. The maximum Gasteiger partial charge on any atom is 0.177 e. The summed E-state index contributed by atoms with van der Waals surface area (Å²) >= 11 is 3.26. The summed E-state index contributed by atoms with van der Waals surface area (Å²) < 4.78 is 19.3. The third kappa shape index (κ3) is 4.82. The number of halogens is 2. The highest BCUT2D eigenvalue weighted by molar-refractivity contribution is 9.10. The van der Waals surface area contributed by atoms with Crippen molar-refractivity contribution in [2.75, 3.05) is 24.2 Å². The van der Waals surface area contributed by atoms with Crippen LogP contribution in [0.5, 0.6) is 0 Å². The van der Waals surface area contributed by atoms with Crippen LogP contribution in [0.4, 0.5) is 15.8 Å². The topological polar surface area (TPSA) is 64.3 Å². The number of ketones is 1. The van der Waals surface area contributed by atoms with Gasteiger partial charge in [-0.25, -0.2) is 4.39 Å². The maximum atomic E-state index is 13.4. The van der Waals surface area contributed by atoms with Crippen molar-refractivity contribution in [3.63, 3.8) is 0 Å². The summed E-state index contributed by atoms with van der Waals surface area (Å²) in [5, 5.41) is 2.86. The highest BCUT2D eigenvalue weighted by atomic mass is 79.9. The lowest BCUT2D eigenvalue weighted by Gasteiger charge is -2.10. The Morgan fingerprint density at radius 1 is 1.27 bits per heavy atom. The molecule has 0 radical (unpaired) electrons. The van der Waals surface area contributed by atoms with Crippen LogP contribution in [0.1, 0.15) is 5.56 Å². The third-order valence-electron chi connectivity index (χ3n) is 2.94. The summed E-state index contributed by atoms with van der Waals surface area (Å²) in [4.78, 5) is 11.7. The van der Waals surface area contributed by atoms with E-state index in [4.69, 9.17) is 10.5 Å². The second kappa shape index (κ2) is 7.91. The molecule has 3 N–H and O–H groups in total. The molecule has 0 aromatic heterocycles. The summed E-state index contributed by atoms with van der Waals surface area (Å²) in [5.41, 5.74) is 6.98. The molecule has 0 aliphatic carbocycles. The normalized spacial score (nSPS) is 10.5. The molecule has 0 aliphatic heterocycles. The molecular weight excluding hydrogens is 351 g/mol. The zero-order chi connectivity index (χ0) is 15.9. The van der Waals surface area contributed by atoms with E-state index in [-0.39, 0.29) is 24.6 Å². The van der Waals surface area contributed by atoms with Crippen LogP contribution in [0, 0.1) is 5.82 Å². The zero-order valence-electron chi connectivity index (χ0n) is 11.8. The number of carbonyl (C=O) groups excluding carboxylic acids is 1. The van der Waals surface area contributed by atoms with Crippen molar-refractivity contribution in [2.24, 2.45) is 0 Å². The molecule has 2 rings (SSSR count). The molecule has 2 aromatic rings. The molecule has 0 saturated heterocycles. The minimum Gasteiger partial charge on any atom is -0.396 e. The lowest BCUT2D eigenvalue weighted by Crippen LogP contribution is -2.19. The number of nitrogens with one attached hydrogen (secondary N) is 1. The molecule has 0 bridgehead atoms. The predicted molar refractivity (Wildman–Crippen MR) is 88.1 cm³/mol. The quantitative estimate of drug-likeness (QED) is 0.737. The summed E-state index contributed by atoms with van der Waals surface area (Å²) in [6.45, 7) is 0.431. The number of ether oxygens (including phenoxy) is 1. The number of nitrogens with two attached hydrogens (primary N) is 1.